The van der Waals surface area contributed by atoms with Crippen LogP contribution in [0, 0.1) is 18.3 Å². The molecule has 4 aromatic carbocycles. The van der Waals surface area contributed by atoms with Crippen LogP contribution in [-0.2, 0) is 47.1 Å². The summed E-state index contributed by atoms with van der Waals surface area (Å²) in [6, 6.07) is 36.6. The Balaban J connectivity index is 1.41. The van der Waals surface area contributed by atoms with E-state index in [0.29, 0.717) is 17.1 Å². The van der Waals surface area contributed by atoms with Crippen LogP contribution in [0.3, 0.4) is 0 Å². The van der Waals surface area contributed by atoms with Crippen LogP contribution in [0.2, 0.25) is 0 Å². The molecule has 6 rings (SSSR count). The van der Waals surface area contributed by atoms with E-state index in [4.69, 9.17) is 44.3 Å². The van der Waals surface area contributed by atoms with Gasteiger partial charge >= 0.3 is 12.4 Å². The lowest BCUT2D eigenvalue weighted by molar-refractivity contribution is -0.0933. The Morgan fingerprint density at radius 3 is 2.04 bits per heavy atom. The van der Waals surface area contributed by atoms with E-state index in [1.165, 1.54) is 10.8 Å². The molecule has 5 aromatic rings. The highest BCUT2D eigenvalue weighted by atomic mass is 32.5. The van der Waals surface area contributed by atoms with Gasteiger partial charge in [0, 0.05) is 18.2 Å². The van der Waals surface area contributed by atoms with E-state index < -0.39 is 42.0 Å². The highest BCUT2D eigenvalue weighted by Crippen LogP contribution is 2.54. The van der Waals surface area contributed by atoms with Crippen molar-refractivity contribution in [1.82, 2.24) is 9.55 Å². The molecule has 286 valence electrons. The number of ether oxygens (including phenoxy) is 4. The number of aryl methyl sites for hydroxylation is 1. The Kier molecular flexibility index (Phi) is 13.1. The predicted octanol–water partition coefficient (Wildman–Crippen LogP) is 6.92. The molecule has 1 saturated heterocycles. The minimum Gasteiger partial charge on any atom is -0.497 e. The first-order chi connectivity index (χ1) is 26.7. The fraction of sp³-hybridized carbons (Fsp3) is 0.293. The van der Waals surface area contributed by atoms with Gasteiger partial charge in [-0.05, 0) is 65.2 Å². The zero-order valence-electron chi connectivity index (χ0n) is 30.7. The predicted molar refractivity (Wildman–Crippen MR) is 209 cm³/mol. The SMILES string of the molecule is COc1ccc(C(OC[C@H]2O[C@@H](n3cc(C)c(=O)[nH]c3=O)C[C@@H]2OP(=S)(OCCC#N)OCc2ccccc2)(c2ccccc2)c2ccc(OC)cc2)cc1. The van der Waals surface area contributed by atoms with Gasteiger partial charge in [0.2, 0.25) is 0 Å². The van der Waals surface area contributed by atoms with Crippen molar-refractivity contribution < 1.29 is 32.5 Å². The van der Waals surface area contributed by atoms with Crippen LogP contribution in [0.15, 0.2) is 125 Å². The Labute approximate surface area is 324 Å². The molecule has 1 N–H and O–H groups in total. The first-order valence-corrected chi connectivity index (χ1v) is 20.2. The molecule has 1 unspecified atom stereocenters. The number of nitrogens with zero attached hydrogens (tertiary/aromatic N) is 2. The van der Waals surface area contributed by atoms with Gasteiger partial charge in [-0.25, -0.2) is 4.79 Å². The average molecular weight is 784 g/mol. The van der Waals surface area contributed by atoms with Gasteiger partial charge in [0.1, 0.15) is 29.4 Å². The minimum absolute atomic E-state index is 0.00856. The van der Waals surface area contributed by atoms with Gasteiger partial charge in [-0.15, -0.1) is 0 Å². The molecule has 12 nitrogen and oxygen atoms in total. The summed E-state index contributed by atoms with van der Waals surface area (Å²) in [7, 11) is 3.22. The third-order valence-corrected chi connectivity index (χ3v) is 11.6. The smallest absolute Gasteiger partial charge is 0.330 e. The quantitative estimate of drug-likeness (QED) is 0.0597. The van der Waals surface area contributed by atoms with Gasteiger partial charge in [-0.3, -0.25) is 14.3 Å². The van der Waals surface area contributed by atoms with Crippen LogP contribution in [0.1, 0.15) is 46.9 Å². The molecule has 55 heavy (non-hydrogen) atoms. The number of methoxy groups -OCH3 is 2. The number of aromatic nitrogens is 2. The summed E-state index contributed by atoms with van der Waals surface area (Å²) >= 11 is 5.96. The fourth-order valence-corrected chi connectivity index (χ4v) is 8.49. The molecule has 4 atom stereocenters. The molecule has 0 bridgehead atoms. The van der Waals surface area contributed by atoms with Gasteiger partial charge in [0.25, 0.3) is 5.56 Å². The van der Waals surface area contributed by atoms with E-state index >= 15 is 0 Å². The Morgan fingerprint density at radius 2 is 1.45 bits per heavy atom. The summed E-state index contributed by atoms with van der Waals surface area (Å²) in [6.45, 7) is -1.89. The van der Waals surface area contributed by atoms with Crippen molar-refractivity contribution in [2.24, 2.45) is 0 Å². The summed E-state index contributed by atoms with van der Waals surface area (Å²) in [5.41, 5.74) is 1.31. The summed E-state index contributed by atoms with van der Waals surface area (Å²) in [4.78, 5) is 27.8. The van der Waals surface area contributed by atoms with E-state index in [-0.39, 0.29) is 32.7 Å². The molecular formula is C41H42N3O9PS. The van der Waals surface area contributed by atoms with E-state index in [1.807, 2.05) is 109 Å². The summed E-state index contributed by atoms with van der Waals surface area (Å²) in [6.07, 6.45) is -0.842. The van der Waals surface area contributed by atoms with Crippen LogP contribution in [0.4, 0.5) is 0 Å². The molecule has 0 spiro atoms. The van der Waals surface area contributed by atoms with Gasteiger partial charge in [0.05, 0.1) is 52.6 Å². The summed E-state index contributed by atoms with van der Waals surface area (Å²) in [5.74, 6) is 1.35. The highest BCUT2D eigenvalue weighted by Gasteiger charge is 2.45. The van der Waals surface area contributed by atoms with E-state index in [2.05, 4.69) is 11.1 Å². The number of nitriles is 1. The van der Waals surface area contributed by atoms with E-state index in [1.54, 1.807) is 21.1 Å². The van der Waals surface area contributed by atoms with Gasteiger partial charge in [-0.2, -0.15) is 5.26 Å². The second-order valence-corrected chi connectivity index (χ2v) is 15.7. The van der Waals surface area contributed by atoms with Gasteiger partial charge in [-0.1, -0.05) is 84.9 Å². The van der Waals surface area contributed by atoms with Crippen LogP contribution in [0.25, 0.3) is 0 Å². The van der Waals surface area contributed by atoms with Crippen LogP contribution in [-0.4, -0.2) is 49.2 Å². The largest absolute Gasteiger partial charge is 0.497 e. The van der Waals surface area contributed by atoms with Crippen molar-refractivity contribution in [2.45, 2.75) is 50.4 Å². The van der Waals surface area contributed by atoms with Crippen molar-refractivity contribution in [1.29, 1.82) is 5.26 Å². The van der Waals surface area contributed by atoms with Crippen molar-refractivity contribution in [2.75, 3.05) is 27.4 Å². The minimum atomic E-state index is -3.53. The van der Waals surface area contributed by atoms with E-state index in [0.717, 1.165) is 22.3 Å². The lowest BCUT2D eigenvalue weighted by Crippen LogP contribution is -2.38. The lowest BCUT2D eigenvalue weighted by Gasteiger charge is -2.37. The number of hydrogen-bond donors (Lipinski definition) is 1. The Morgan fingerprint density at radius 1 is 0.873 bits per heavy atom. The number of rotatable bonds is 17. The summed E-state index contributed by atoms with van der Waals surface area (Å²) in [5, 5.41) is 9.27. The fourth-order valence-electron chi connectivity index (χ4n) is 6.41. The maximum Gasteiger partial charge on any atom is 0.330 e. The molecule has 0 aliphatic carbocycles. The van der Waals surface area contributed by atoms with Crippen LogP contribution < -0.4 is 20.7 Å². The molecule has 14 heteroatoms. The molecule has 0 amide bonds. The van der Waals surface area contributed by atoms with Crippen molar-refractivity contribution in [3.05, 3.63) is 164 Å². The molecule has 1 aliphatic heterocycles. The number of benzene rings is 4. The molecule has 1 aromatic heterocycles. The summed E-state index contributed by atoms with van der Waals surface area (Å²) < 4.78 is 44.9. The Hall–Kier alpha value is -4.90. The normalized spacial score (nSPS) is 18.0. The van der Waals surface area contributed by atoms with Gasteiger partial charge in [0.15, 0.2) is 0 Å². The second-order valence-electron chi connectivity index (χ2n) is 12.8. The third-order valence-electron chi connectivity index (χ3n) is 9.23. The molecular weight excluding hydrogens is 742 g/mol. The third kappa shape index (κ3) is 9.32. The maximum absolute atomic E-state index is 13.1. The van der Waals surface area contributed by atoms with Crippen molar-refractivity contribution in [3.63, 3.8) is 0 Å². The van der Waals surface area contributed by atoms with Crippen molar-refractivity contribution >= 4 is 18.5 Å². The van der Waals surface area contributed by atoms with Gasteiger partial charge < -0.3 is 32.5 Å². The monoisotopic (exact) mass is 783 g/mol. The molecule has 1 aliphatic rings. The van der Waals surface area contributed by atoms with Crippen LogP contribution >= 0.6 is 6.72 Å². The van der Waals surface area contributed by atoms with Crippen molar-refractivity contribution in [3.8, 4) is 17.6 Å². The first-order valence-electron chi connectivity index (χ1n) is 17.6. The average Bonchev–Trinajstić information content (AvgIpc) is 3.61. The zero-order chi connectivity index (χ0) is 38.8. The molecule has 2 heterocycles. The number of aromatic amines is 1. The zero-order valence-corrected chi connectivity index (χ0v) is 32.4. The highest BCUT2D eigenvalue weighted by molar-refractivity contribution is 8.07. The first kappa shape index (κ1) is 39.8. The standard InChI is InChI=1S/C41H42N3O9PS/c1-29-26-44(40(46)43-39(29)45)38-25-36(53-54(55,50-24-10-23-42)51-27-30-11-6-4-7-12-30)37(52-38)28-49-41(31-13-8-5-9-14-31,32-15-19-34(47-2)20-16-32)33-17-21-35(48-3)22-18-33/h4-9,11-22,26,36-38H,10,24-25,27-28H2,1-3H3,(H,43,45,46)/t36-,37+,38+,54?/m0/s1. The number of hydrogen-bond acceptors (Lipinski definition) is 11. The number of nitrogens with one attached hydrogen (secondary N) is 1. The number of H-pyrrole nitrogens is 1. The lowest BCUT2D eigenvalue weighted by atomic mass is 9.80. The second kappa shape index (κ2) is 18.2. The Bertz CT molecular complexity index is 2180. The molecule has 0 saturated carbocycles. The topological polar surface area (TPSA) is 143 Å². The maximum atomic E-state index is 13.1. The molecule has 0 radical (unpaired) electrons. The van der Waals surface area contributed by atoms with E-state index in [9.17, 15) is 14.9 Å². The molecule has 1 fully saturated rings. The van der Waals surface area contributed by atoms with Crippen LogP contribution in [0.5, 0.6) is 11.5 Å².